The Hall–Kier alpha value is -2.60. The molecule has 0 aliphatic carbocycles. The van der Waals surface area contributed by atoms with E-state index in [0.29, 0.717) is 11.4 Å². The van der Waals surface area contributed by atoms with E-state index in [1.165, 1.54) is 13.2 Å². The van der Waals surface area contributed by atoms with Crippen LogP contribution in [0.5, 0.6) is 5.75 Å². The molecule has 0 spiro atoms. The maximum absolute atomic E-state index is 13.0. The van der Waals surface area contributed by atoms with Gasteiger partial charge in [-0.15, -0.1) is 0 Å². The lowest BCUT2D eigenvalue weighted by Gasteiger charge is -2.12. The quantitative estimate of drug-likeness (QED) is 0.870. The molecule has 0 fully saturated rings. The highest BCUT2D eigenvalue weighted by Gasteiger charge is 2.13. The fourth-order valence-corrected chi connectivity index (χ4v) is 2.30. The molecule has 5 nitrogen and oxygen atoms in total. The Morgan fingerprint density at radius 1 is 1.21 bits per heavy atom. The minimum Gasteiger partial charge on any atom is -0.495 e. The molecule has 0 aliphatic rings. The highest BCUT2D eigenvalue weighted by Crippen LogP contribution is 2.25. The van der Waals surface area contributed by atoms with Crippen LogP contribution in [0.2, 0.25) is 5.02 Å². The zero-order chi connectivity index (χ0) is 17.7. The molecule has 2 aromatic carbocycles. The molecule has 0 atom stereocenters. The van der Waals surface area contributed by atoms with Gasteiger partial charge < -0.3 is 15.4 Å². The van der Waals surface area contributed by atoms with Gasteiger partial charge in [0.1, 0.15) is 11.6 Å². The zero-order valence-corrected chi connectivity index (χ0v) is 13.9. The van der Waals surface area contributed by atoms with Crippen molar-refractivity contribution < 1.29 is 18.7 Å². The number of hydrogen-bond donors (Lipinski definition) is 2. The predicted octanol–water partition coefficient (Wildman–Crippen LogP) is 3.16. The second-order valence-corrected chi connectivity index (χ2v) is 5.47. The number of amides is 2. The number of nitrogens with one attached hydrogen (secondary N) is 2. The summed E-state index contributed by atoms with van der Waals surface area (Å²) in [5, 5.41) is 5.07. The highest BCUT2D eigenvalue weighted by molar-refractivity contribution is 6.33. The molecule has 7 heteroatoms. The number of benzene rings is 2. The molecule has 126 valence electrons. The summed E-state index contributed by atoms with van der Waals surface area (Å²) >= 11 is 5.81. The van der Waals surface area contributed by atoms with E-state index in [4.69, 9.17) is 16.3 Å². The van der Waals surface area contributed by atoms with Gasteiger partial charge in [0.2, 0.25) is 5.91 Å². The van der Waals surface area contributed by atoms with E-state index in [1.807, 2.05) is 13.0 Å². The average molecular weight is 351 g/mol. The first-order valence-electron chi connectivity index (χ1n) is 7.08. The molecule has 0 bridgehead atoms. The maximum atomic E-state index is 13.0. The smallest absolute Gasteiger partial charge is 0.253 e. The number of methoxy groups -OCH3 is 1. The van der Waals surface area contributed by atoms with Gasteiger partial charge >= 0.3 is 0 Å². The third-order valence-corrected chi connectivity index (χ3v) is 3.53. The van der Waals surface area contributed by atoms with Crippen molar-refractivity contribution in [2.45, 2.75) is 6.92 Å². The van der Waals surface area contributed by atoms with Gasteiger partial charge in [-0.1, -0.05) is 17.7 Å². The monoisotopic (exact) mass is 350 g/mol. The van der Waals surface area contributed by atoms with Crippen LogP contribution >= 0.6 is 11.6 Å². The summed E-state index contributed by atoms with van der Waals surface area (Å²) in [6.07, 6.45) is 0. The van der Waals surface area contributed by atoms with Gasteiger partial charge in [-0.25, -0.2) is 4.39 Å². The van der Waals surface area contributed by atoms with Gasteiger partial charge in [0, 0.05) is 0 Å². The normalized spacial score (nSPS) is 10.2. The summed E-state index contributed by atoms with van der Waals surface area (Å²) < 4.78 is 18.1. The van der Waals surface area contributed by atoms with Crippen molar-refractivity contribution in [1.29, 1.82) is 0 Å². The van der Waals surface area contributed by atoms with E-state index < -0.39 is 17.6 Å². The van der Waals surface area contributed by atoms with Gasteiger partial charge in [0.25, 0.3) is 5.91 Å². The Labute approximate surface area is 143 Å². The second kappa shape index (κ2) is 7.79. The summed E-state index contributed by atoms with van der Waals surface area (Å²) in [6.45, 7) is 1.62. The van der Waals surface area contributed by atoms with Crippen molar-refractivity contribution in [3.63, 3.8) is 0 Å². The molecule has 0 heterocycles. The highest BCUT2D eigenvalue weighted by atomic mass is 35.5. The molecular formula is C17H16ClFN2O3. The van der Waals surface area contributed by atoms with Crippen LogP contribution in [0.1, 0.15) is 15.9 Å². The Bertz CT molecular complexity index is 780. The van der Waals surface area contributed by atoms with E-state index in [2.05, 4.69) is 10.6 Å². The van der Waals surface area contributed by atoms with E-state index in [1.54, 1.807) is 12.1 Å². The van der Waals surface area contributed by atoms with Crippen molar-refractivity contribution in [3.8, 4) is 5.75 Å². The van der Waals surface area contributed by atoms with Crippen LogP contribution in [0.15, 0.2) is 36.4 Å². The summed E-state index contributed by atoms with van der Waals surface area (Å²) in [6, 6.07) is 8.77. The summed E-state index contributed by atoms with van der Waals surface area (Å²) in [5.41, 5.74) is 1.56. The molecule has 0 saturated heterocycles. The van der Waals surface area contributed by atoms with E-state index >= 15 is 0 Å². The number of halogens is 2. The molecule has 0 saturated carbocycles. The van der Waals surface area contributed by atoms with Crippen LogP contribution in [0.4, 0.5) is 10.1 Å². The van der Waals surface area contributed by atoms with Gasteiger partial charge in [0.15, 0.2) is 0 Å². The molecule has 0 aliphatic heterocycles. The van der Waals surface area contributed by atoms with Crippen LogP contribution in [-0.2, 0) is 4.79 Å². The third-order valence-electron chi connectivity index (χ3n) is 3.21. The van der Waals surface area contributed by atoms with Crippen LogP contribution in [-0.4, -0.2) is 25.5 Å². The molecule has 0 radical (unpaired) electrons. The van der Waals surface area contributed by atoms with Crippen molar-refractivity contribution in [1.82, 2.24) is 5.32 Å². The molecule has 2 rings (SSSR count). The lowest BCUT2D eigenvalue weighted by Crippen LogP contribution is -2.33. The van der Waals surface area contributed by atoms with Crippen LogP contribution in [0, 0.1) is 12.7 Å². The number of aryl methyl sites for hydroxylation is 1. The SMILES string of the molecule is COc1ccc(C)cc1NC(=O)CNC(=O)c1ccc(F)cc1Cl. The van der Waals surface area contributed by atoms with Crippen molar-refractivity contribution >= 4 is 29.1 Å². The Morgan fingerprint density at radius 2 is 1.96 bits per heavy atom. The van der Waals surface area contributed by atoms with Gasteiger partial charge in [-0.05, 0) is 42.8 Å². The lowest BCUT2D eigenvalue weighted by atomic mass is 10.2. The largest absolute Gasteiger partial charge is 0.495 e. The van der Waals surface area contributed by atoms with Gasteiger partial charge in [-0.3, -0.25) is 9.59 Å². The maximum Gasteiger partial charge on any atom is 0.253 e. The van der Waals surface area contributed by atoms with Crippen LogP contribution < -0.4 is 15.4 Å². The Kier molecular flexibility index (Phi) is 5.76. The first kappa shape index (κ1) is 17.7. The first-order chi connectivity index (χ1) is 11.4. The second-order valence-electron chi connectivity index (χ2n) is 5.06. The standard InChI is InChI=1S/C17H16ClFN2O3/c1-10-3-6-15(24-2)14(7-10)21-16(22)9-20-17(23)12-5-4-11(19)8-13(12)18/h3-8H,9H2,1-2H3,(H,20,23)(H,21,22). The van der Waals surface area contributed by atoms with Crippen molar-refractivity contribution in [3.05, 3.63) is 58.4 Å². The fourth-order valence-electron chi connectivity index (χ4n) is 2.04. The summed E-state index contributed by atoms with van der Waals surface area (Å²) in [5.74, 6) is -1.01. The minimum atomic E-state index is -0.564. The molecule has 2 aromatic rings. The average Bonchev–Trinajstić information content (AvgIpc) is 2.53. The number of ether oxygens (including phenoxy) is 1. The van der Waals surface area contributed by atoms with Crippen molar-refractivity contribution in [2.24, 2.45) is 0 Å². The third kappa shape index (κ3) is 4.45. The minimum absolute atomic E-state index is 0.0201. The van der Waals surface area contributed by atoms with E-state index in [0.717, 1.165) is 17.7 Å². The Morgan fingerprint density at radius 3 is 2.62 bits per heavy atom. The van der Waals surface area contributed by atoms with Crippen LogP contribution in [0.25, 0.3) is 0 Å². The molecule has 2 amide bonds. The fraction of sp³-hybridized carbons (Fsp3) is 0.176. The number of hydrogen-bond acceptors (Lipinski definition) is 3. The molecule has 0 unspecified atom stereocenters. The van der Waals surface area contributed by atoms with E-state index in [-0.39, 0.29) is 17.1 Å². The number of rotatable bonds is 5. The number of carbonyl (C=O) groups excluding carboxylic acids is 2. The predicted molar refractivity (Wildman–Crippen MR) is 90.1 cm³/mol. The molecule has 0 aromatic heterocycles. The first-order valence-corrected chi connectivity index (χ1v) is 7.46. The molecular weight excluding hydrogens is 335 g/mol. The summed E-state index contributed by atoms with van der Waals surface area (Å²) in [4.78, 5) is 24.0. The van der Waals surface area contributed by atoms with Crippen LogP contribution in [0.3, 0.4) is 0 Å². The van der Waals surface area contributed by atoms with E-state index in [9.17, 15) is 14.0 Å². The Balaban J connectivity index is 1.98. The zero-order valence-electron chi connectivity index (χ0n) is 13.2. The topological polar surface area (TPSA) is 67.4 Å². The van der Waals surface area contributed by atoms with Crippen molar-refractivity contribution in [2.75, 3.05) is 19.0 Å². The molecule has 24 heavy (non-hydrogen) atoms. The van der Waals surface area contributed by atoms with Gasteiger partial charge in [0.05, 0.1) is 29.9 Å². The number of carbonyl (C=O) groups is 2. The molecule has 2 N–H and O–H groups in total. The summed E-state index contributed by atoms with van der Waals surface area (Å²) in [7, 11) is 1.50. The van der Waals surface area contributed by atoms with Gasteiger partial charge in [-0.2, -0.15) is 0 Å². The number of anilines is 1. The lowest BCUT2D eigenvalue weighted by molar-refractivity contribution is -0.115.